The first-order chi connectivity index (χ1) is 15.2. The number of hydrogen-bond donors (Lipinski definition) is 1. The molecule has 2 aromatic rings. The van der Waals surface area contributed by atoms with Crippen LogP contribution in [0, 0.1) is 6.92 Å². The summed E-state index contributed by atoms with van der Waals surface area (Å²) in [6.45, 7) is 2.18. The number of nitrogens with zero attached hydrogens (tertiary/aromatic N) is 1. The summed E-state index contributed by atoms with van der Waals surface area (Å²) < 4.78 is 42.5. The van der Waals surface area contributed by atoms with Gasteiger partial charge in [-0.05, 0) is 42.8 Å². The number of amides is 1. The van der Waals surface area contributed by atoms with E-state index >= 15 is 0 Å². The fourth-order valence-corrected chi connectivity index (χ4v) is 4.70. The van der Waals surface area contributed by atoms with Crippen LogP contribution in [0.1, 0.15) is 15.9 Å². The van der Waals surface area contributed by atoms with Gasteiger partial charge in [0.15, 0.2) is 6.61 Å². The Morgan fingerprint density at radius 3 is 2.56 bits per heavy atom. The van der Waals surface area contributed by atoms with Crippen LogP contribution in [-0.4, -0.2) is 64.6 Å². The molecule has 1 heterocycles. The third-order valence-electron chi connectivity index (χ3n) is 4.81. The van der Waals surface area contributed by atoms with E-state index in [0.717, 1.165) is 0 Å². The standard InChI is InChI=1S/C21H23ClN2O7S/c1-14-3-5-16(32(27,28)24-7-9-30-10-8-24)12-17(14)21(26)31-13-20(25)23-18-11-15(22)4-6-19(18)29-2/h3-6,11-12H,7-10,13H2,1-2H3,(H,23,25). The Bertz CT molecular complexity index is 1120. The summed E-state index contributed by atoms with van der Waals surface area (Å²) in [6.07, 6.45) is 0. The van der Waals surface area contributed by atoms with Gasteiger partial charge in [0.2, 0.25) is 10.0 Å². The number of carbonyl (C=O) groups is 2. The summed E-state index contributed by atoms with van der Waals surface area (Å²) in [5, 5.41) is 2.96. The Morgan fingerprint density at radius 1 is 1.16 bits per heavy atom. The molecule has 1 amide bonds. The zero-order chi connectivity index (χ0) is 23.3. The number of morpholine rings is 1. The number of nitrogens with one attached hydrogen (secondary N) is 1. The number of ether oxygens (including phenoxy) is 3. The molecular formula is C21H23ClN2O7S. The van der Waals surface area contributed by atoms with E-state index in [-0.39, 0.29) is 23.5 Å². The number of aryl methyl sites for hydroxylation is 1. The highest BCUT2D eigenvalue weighted by atomic mass is 35.5. The number of benzene rings is 2. The summed E-state index contributed by atoms with van der Waals surface area (Å²) in [5.41, 5.74) is 0.913. The van der Waals surface area contributed by atoms with E-state index in [1.54, 1.807) is 19.1 Å². The number of methoxy groups -OCH3 is 1. The molecule has 2 aromatic carbocycles. The summed E-state index contributed by atoms with van der Waals surface area (Å²) in [5.74, 6) is -1.02. The van der Waals surface area contributed by atoms with Gasteiger partial charge in [0.25, 0.3) is 5.91 Å². The molecule has 1 saturated heterocycles. The molecule has 0 atom stereocenters. The quantitative estimate of drug-likeness (QED) is 0.603. The Balaban J connectivity index is 1.69. The molecule has 0 spiro atoms. The van der Waals surface area contributed by atoms with Gasteiger partial charge in [0, 0.05) is 18.1 Å². The first-order valence-electron chi connectivity index (χ1n) is 9.71. The highest BCUT2D eigenvalue weighted by Gasteiger charge is 2.27. The van der Waals surface area contributed by atoms with E-state index in [0.29, 0.717) is 35.2 Å². The first-order valence-corrected chi connectivity index (χ1v) is 11.5. The second-order valence-corrected chi connectivity index (χ2v) is 9.34. The van der Waals surface area contributed by atoms with Gasteiger partial charge < -0.3 is 19.5 Å². The van der Waals surface area contributed by atoms with Gasteiger partial charge in [-0.1, -0.05) is 17.7 Å². The summed E-state index contributed by atoms with van der Waals surface area (Å²) in [4.78, 5) is 24.8. The fourth-order valence-electron chi connectivity index (χ4n) is 3.09. The van der Waals surface area contributed by atoms with Crippen LogP contribution in [0.15, 0.2) is 41.3 Å². The lowest BCUT2D eigenvalue weighted by atomic mass is 10.1. The molecule has 9 nitrogen and oxygen atoms in total. The monoisotopic (exact) mass is 482 g/mol. The molecule has 1 aliphatic heterocycles. The predicted molar refractivity (Wildman–Crippen MR) is 118 cm³/mol. The van der Waals surface area contributed by atoms with E-state index in [4.69, 9.17) is 25.8 Å². The highest BCUT2D eigenvalue weighted by Crippen LogP contribution is 2.27. The molecule has 0 aliphatic carbocycles. The lowest BCUT2D eigenvalue weighted by Crippen LogP contribution is -2.40. The Hall–Kier alpha value is -2.66. The maximum atomic E-state index is 12.9. The van der Waals surface area contributed by atoms with Gasteiger partial charge in [-0.2, -0.15) is 4.31 Å². The van der Waals surface area contributed by atoms with Crippen LogP contribution in [0.3, 0.4) is 0 Å². The first kappa shape index (κ1) is 24.0. The lowest BCUT2D eigenvalue weighted by Gasteiger charge is -2.26. The van der Waals surface area contributed by atoms with Gasteiger partial charge >= 0.3 is 5.97 Å². The molecule has 0 radical (unpaired) electrons. The minimum atomic E-state index is -3.78. The van der Waals surface area contributed by atoms with E-state index in [9.17, 15) is 18.0 Å². The Morgan fingerprint density at radius 2 is 1.88 bits per heavy atom. The summed E-state index contributed by atoms with van der Waals surface area (Å²) in [6, 6.07) is 8.94. The van der Waals surface area contributed by atoms with Gasteiger partial charge in [0.05, 0.1) is 36.5 Å². The van der Waals surface area contributed by atoms with Crippen molar-refractivity contribution < 1.29 is 32.2 Å². The molecule has 0 saturated carbocycles. The summed E-state index contributed by atoms with van der Waals surface area (Å²) >= 11 is 5.94. The number of esters is 1. The van der Waals surface area contributed by atoms with Crippen molar-refractivity contribution in [1.82, 2.24) is 4.31 Å². The lowest BCUT2D eigenvalue weighted by molar-refractivity contribution is -0.119. The third-order valence-corrected chi connectivity index (χ3v) is 6.94. The number of rotatable bonds is 7. The van der Waals surface area contributed by atoms with Crippen molar-refractivity contribution in [2.45, 2.75) is 11.8 Å². The molecule has 0 bridgehead atoms. The van der Waals surface area contributed by atoms with Crippen molar-refractivity contribution in [2.24, 2.45) is 0 Å². The third kappa shape index (κ3) is 5.57. The van der Waals surface area contributed by atoms with Crippen molar-refractivity contribution in [3.63, 3.8) is 0 Å². The zero-order valence-electron chi connectivity index (χ0n) is 17.6. The predicted octanol–water partition coefficient (Wildman–Crippen LogP) is 2.47. The van der Waals surface area contributed by atoms with E-state index < -0.39 is 28.5 Å². The van der Waals surface area contributed by atoms with Gasteiger partial charge in [0.1, 0.15) is 5.75 Å². The number of carbonyl (C=O) groups excluding carboxylic acids is 2. The molecule has 1 fully saturated rings. The molecule has 1 N–H and O–H groups in total. The average molecular weight is 483 g/mol. The van der Waals surface area contributed by atoms with E-state index in [2.05, 4.69) is 5.32 Å². The summed E-state index contributed by atoms with van der Waals surface area (Å²) in [7, 11) is -2.33. The van der Waals surface area contributed by atoms with Crippen molar-refractivity contribution in [2.75, 3.05) is 45.3 Å². The number of hydrogen-bond acceptors (Lipinski definition) is 7. The largest absolute Gasteiger partial charge is 0.495 e. The average Bonchev–Trinajstić information content (AvgIpc) is 2.78. The molecule has 3 rings (SSSR count). The number of sulfonamides is 1. The van der Waals surface area contributed by atoms with Crippen molar-refractivity contribution >= 4 is 39.2 Å². The molecule has 11 heteroatoms. The second-order valence-electron chi connectivity index (χ2n) is 6.96. The van der Waals surface area contributed by atoms with Crippen molar-refractivity contribution in [3.8, 4) is 5.75 Å². The molecule has 0 aromatic heterocycles. The Kier molecular flexibility index (Phi) is 7.73. The SMILES string of the molecule is COc1ccc(Cl)cc1NC(=O)COC(=O)c1cc(S(=O)(=O)N2CCOCC2)ccc1C. The van der Waals surface area contributed by atoms with Crippen LogP contribution in [0.4, 0.5) is 5.69 Å². The molecule has 0 unspecified atom stereocenters. The van der Waals surface area contributed by atoms with Crippen LogP contribution in [-0.2, 0) is 24.3 Å². The zero-order valence-corrected chi connectivity index (χ0v) is 19.2. The minimum Gasteiger partial charge on any atom is -0.495 e. The maximum absolute atomic E-state index is 12.9. The minimum absolute atomic E-state index is 0.0231. The fraction of sp³-hybridized carbons (Fsp3) is 0.333. The van der Waals surface area contributed by atoms with Crippen LogP contribution in [0.2, 0.25) is 5.02 Å². The Labute approximate surface area is 191 Å². The molecule has 172 valence electrons. The topological polar surface area (TPSA) is 111 Å². The van der Waals surface area contributed by atoms with E-state index in [1.165, 1.54) is 35.7 Å². The van der Waals surface area contributed by atoms with Gasteiger partial charge in [-0.3, -0.25) is 4.79 Å². The molecule has 32 heavy (non-hydrogen) atoms. The van der Waals surface area contributed by atoms with Gasteiger partial charge in [-0.25, -0.2) is 13.2 Å². The molecule has 1 aliphatic rings. The van der Waals surface area contributed by atoms with Crippen LogP contribution >= 0.6 is 11.6 Å². The van der Waals surface area contributed by atoms with Crippen LogP contribution < -0.4 is 10.1 Å². The van der Waals surface area contributed by atoms with E-state index in [1.807, 2.05) is 0 Å². The number of halogens is 1. The van der Waals surface area contributed by atoms with Crippen molar-refractivity contribution in [1.29, 1.82) is 0 Å². The smallest absolute Gasteiger partial charge is 0.338 e. The highest BCUT2D eigenvalue weighted by molar-refractivity contribution is 7.89. The van der Waals surface area contributed by atoms with Crippen LogP contribution in [0.5, 0.6) is 5.75 Å². The van der Waals surface area contributed by atoms with Gasteiger partial charge in [-0.15, -0.1) is 0 Å². The normalized spacial score (nSPS) is 14.6. The number of anilines is 1. The van der Waals surface area contributed by atoms with Crippen molar-refractivity contribution in [3.05, 3.63) is 52.5 Å². The second kappa shape index (κ2) is 10.3. The molecular weight excluding hydrogens is 460 g/mol. The van der Waals surface area contributed by atoms with Crippen LogP contribution in [0.25, 0.3) is 0 Å². The maximum Gasteiger partial charge on any atom is 0.338 e.